The normalized spacial score (nSPS) is 15.7. The molecule has 0 spiro atoms. The van der Waals surface area contributed by atoms with Crippen molar-refractivity contribution < 1.29 is 29.0 Å². The maximum absolute atomic E-state index is 13.2. The van der Waals surface area contributed by atoms with Gasteiger partial charge in [-0.2, -0.15) is 0 Å². The predicted octanol–water partition coefficient (Wildman–Crippen LogP) is 2.65. The van der Waals surface area contributed by atoms with E-state index in [1.54, 1.807) is 24.3 Å². The van der Waals surface area contributed by atoms with E-state index in [1.165, 1.54) is 4.90 Å². The second kappa shape index (κ2) is 10.6. The minimum Gasteiger partial charge on any atom is -0.494 e. The van der Waals surface area contributed by atoms with Crippen LogP contribution in [0.25, 0.3) is 0 Å². The Hall–Kier alpha value is -3.68. The zero-order chi connectivity index (χ0) is 23.1. The average molecular weight is 438 g/mol. The van der Waals surface area contributed by atoms with E-state index in [1.807, 2.05) is 37.3 Å². The van der Waals surface area contributed by atoms with Crippen LogP contribution in [0.1, 0.15) is 31.7 Å². The van der Waals surface area contributed by atoms with E-state index in [0.717, 1.165) is 10.5 Å². The summed E-state index contributed by atoms with van der Waals surface area (Å²) in [5, 5.41) is 8.95. The van der Waals surface area contributed by atoms with Crippen LogP contribution in [-0.2, 0) is 25.6 Å². The number of carboxylic acids is 1. The Morgan fingerprint density at radius 2 is 1.75 bits per heavy atom. The lowest BCUT2D eigenvalue weighted by Crippen LogP contribution is -2.46. The van der Waals surface area contributed by atoms with Crippen LogP contribution in [0, 0.1) is 0 Å². The number of carboxylic acid groups (broad SMARTS) is 1. The molecule has 32 heavy (non-hydrogen) atoms. The van der Waals surface area contributed by atoms with Gasteiger partial charge in [-0.1, -0.05) is 30.3 Å². The molecule has 0 bridgehead atoms. The molecular formula is C24H26N2O6. The van der Waals surface area contributed by atoms with Crippen LogP contribution in [0.5, 0.6) is 5.75 Å². The van der Waals surface area contributed by atoms with Gasteiger partial charge in [0.1, 0.15) is 11.8 Å². The van der Waals surface area contributed by atoms with Crippen LogP contribution in [0.3, 0.4) is 0 Å². The second-order valence-electron chi connectivity index (χ2n) is 7.43. The summed E-state index contributed by atoms with van der Waals surface area (Å²) in [6.45, 7) is 2.57. The molecule has 2 aromatic carbocycles. The lowest BCUT2D eigenvalue weighted by atomic mass is 10.1. The Labute approximate surface area is 186 Å². The third-order valence-corrected chi connectivity index (χ3v) is 5.26. The number of aliphatic carboxylic acids is 1. The molecule has 0 saturated carbocycles. The van der Waals surface area contributed by atoms with E-state index in [-0.39, 0.29) is 25.8 Å². The molecule has 3 rings (SSSR count). The number of ether oxygens (including phenoxy) is 1. The zero-order valence-corrected chi connectivity index (χ0v) is 17.9. The first kappa shape index (κ1) is 23.0. The number of nitrogens with zero attached hydrogens (tertiary/aromatic N) is 2. The van der Waals surface area contributed by atoms with Crippen molar-refractivity contribution >= 4 is 29.4 Å². The number of benzene rings is 2. The van der Waals surface area contributed by atoms with Crippen molar-refractivity contribution in [3.63, 3.8) is 0 Å². The number of hydrogen-bond donors (Lipinski definition) is 1. The second-order valence-corrected chi connectivity index (χ2v) is 7.43. The summed E-state index contributed by atoms with van der Waals surface area (Å²) in [5.74, 6) is -1.81. The Morgan fingerprint density at radius 1 is 1.06 bits per heavy atom. The maximum Gasteiger partial charge on any atom is 0.303 e. The number of rotatable bonds is 10. The maximum atomic E-state index is 13.2. The standard InChI is InChI=1S/C24H26N2O6/c1-2-32-19-10-8-18(9-11-19)26-22(28)16-20(24(26)31)25(21(27)12-13-23(29)30)15-14-17-6-4-3-5-7-17/h3-11,20H,2,12-16H2,1H3,(H,29,30)/t20-/m0/s1. The van der Waals surface area contributed by atoms with Gasteiger partial charge in [-0.3, -0.25) is 19.2 Å². The minimum atomic E-state index is -1.09. The molecule has 1 atom stereocenters. The van der Waals surface area contributed by atoms with E-state index in [2.05, 4.69) is 0 Å². The predicted molar refractivity (Wildman–Crippen MR) is 117 cm³/mol. The van der Waals surface area contributed by atoms with Crippen LogP contribution >= 0.6 is 0 Å². The molecule has 8 nitrogen and oxygen atoms in total. The molecule has 1 heterocycles. The van der Waals surface area contributed by atoms with E-state index in [0.29, 0.717) is 24.5 Å². The van der Waals surface area contributed by atoms with Crippen molar-refractivity contribution in [1.82, 2.24) is 4.90 Å². The van der Waals surface area contributed by atoms with Crippen molar-refractivity contribution in [3.8, 4) is 5.75 Å². The van der Waals surface area contributed by atoms with Gasteiger partial charge >= 0.3 is 5.97 Å². The SMILES string of the molecule is CCOc1ccc(N2C(=O)C[C@H](N(CCc3ccccc3)C(=O)CCC(=O)O)C2=O)cc1. The quantitative estimate of drug-likeness (QED) is 0.572. The third kappa shape index (κ3) is 5.51. The topological polar surface area (TPSA) is 104 Å². The highest BCUT2D eigenvalue weighted by atomic mass is 16.5. The average Bonchev–Trinajstić information content (AvgIpc) is 3.07. The van der Waals surface area contributed by atoms with Crippen molar-refractivity contribution in [2.45, 2.75) is 38.6 Å². The number of anilines is 1. The first-order valence-electron chi connectivity index (χ1n) is 10.6. The first-order valence-corrected chi connectivity index (χ1v) is 10.6. The Bertz CT molecular complexity index is 974. The number of carbonyl (C=O) groups excluding carboxylic acids is 3. The number of imide groups is 1. The molecule has 0 radical (unpaired) electrons. The van der Waals surface area contributed by atoms with E-state index in [4.69, 9.17) is 9.84 Å². The smallest absolute Gasteiger partial charge is 0.303 e. The fourth-order valence-corrected chi connectivity index (χ4v) is 3.69. The Morgan fingerprint density at radius 3 is 2.38 bits per heavy atom. The van der Waals surface area contributed by atoms with E-state index >= 15 is 0 Å². The van der Waals surface area contributed by atoms with Crippen LogP contribution in [0.15, 0.2) is 54.6 Å². The fraction of sp³-hybridized carbons (Fsp3) is 0.333. The van der Waals surface area contributed by atoms with Gasteiger partial charge in [-0.25, -0.2) is 4.90 Å². The van der Waals surface area contributed by atoms with Gasteiger partial charge in [0.15, 0.2) is 0 Å². The molecule has 1 N–H and O–H groups in total. The lowest BCUT2D eigenvalue weighted by molar-refractivity contribution is -0.143. The zero-order valence-electron chi connectivity index (χ0n) is 17.9. The van der Waals surface area contributed by atoms with Gasteiger partial charge in [0, 0.05) is 13.0 Å². The van der Waals surface area contributed by atoms with Crippen LogP contribution < -0.4 is 9.64 Å². The lowest BCUT2D eigenvalue weighted by Gasteiger charge is -2.27. The Kier molecular flexibility index (Phi) is 7.59. The summed E-state index contributed by atoms with van der Waals surface area (Å²) in [6.07, 6.45) is -0.219. The number of carbonyl (C=O) groups is 4. The van der Waals surface area contributed by atoms with Gasteiger partial charge in [0.2, 0.25) is 11.8 Å². The highest BCUT2D eigenvalue weighted by Crippen LogP contribution is 2.28. The monoisotopic (exact) mass is 438 g/mol. The van der Waals surface area contributed by atoms with Crippen LogP contribution in [-0.4, -0.2) is 52.9 Å². The van der Waals surface area contributed by atoms with E-state index in [9.17, 15) is 19.2 Å². The van der Waals surface area contributed by atoms with Crippen molar-refractivity contribution in [2.75, 3.05) is 18.1 Å². The molecule has 1 aliphatic rings. The number of hydrogen-bond acceptors (Lipinski definition) is 5. The highest BCUT2D eigenvalue weighted by Gasteiger charge is 2.44. The highest BCUT2D eigenvalue weighted by molar-refractivity contribution is 6.23. The van der Waals surface area contributed by atoms with Crippen LogP contribution in [0.2, 0.25) is 0 Å². The van der Waals surface area contributed by atoms with Gasteiger partial charge < -0.3 is 14.7 Å². The summed E-state index contributed by atoms with van der Waals surface area (Å²) in [7, 11) is 0. The van der Waals surface area contributed by atoms with Gasteiger partial charge in [0.25, 0.3) is 5.91 Å². The minimum absolute atomic E-state index is 0.139. The molecule has 1 saturated heterocycles. The summed E-state index contributed by atoms with van der Waals surface area (Å²) < 4.78 is 5.40. The van der Waals surface area contributed by atoms with Crippen molar-refractivity contribution in [3.05, 3.63) is 60.2 Å². The first-order chi connectivity index (χ1) is 15.4. The van der Waals surface area contributed by atoms with Gasteiger partial charge in [-0.15, -0.1) is 0 Å². The molecule has 1 fully saturated rings. The molecule has 3 amide bonds. The van der Waals surface area contributed by atoms with E-state index < -0.39 is 29.7 Å². The van der Waals surface area contributed by atoms with Gasteiger partial charge in [-0.05, 0) is 43.2 Å². The molecule has 2 aromatic rings. The molecular weight excluding hydrogens is 412 g/mol. The molecule has 0 aromatic heterocycles. The fourth-order valence-electron chi connectivity index (χ4n) is 3.69. The summed E-state index contributed by atoms with van der Waals surface area (Å²) in [4.78, 5) is 52.1. The third-order valence-electron chi connectivity index (χ3n) is 5.26. The summed E-state index contributed by atoms with van der Waals surface area (Å²) >= 11 is 0. The molecule has 0 unspecified atom stereocenters. The largest absolute Gasteiger partial charge is 0.494 e. The molecule has 0 aliphatic carbocycles. The van der Waals surface area contributed by atoms with Crippen LogP contribution in [0.4, 0.5) is 5.69 Å². The Balaban J connectivity index is 1.79. The molecule has 1 aliphatic heterocycles. The van der Waals surface area contributed by atoms with Crippen molar-refractivity contribution in [2.24, 2.45) is 0 Å². The molecule has 168 valence electrons. The summed E-state index contributed by atoms with van der Waals surface area (Å²) in [6, 6.07) is 15.1. The van der Waals surface area contributed by atoms with Gasteiger partial charge in [0.05, 0.1) is 25.1 Å². The van der Waals surface area contributed by atoms with Crippen molar-refractivity contribution in [1.29, 1.82) is 0 Å². The summed E-state index contributed by atoms with van der Waals surface area (Å²) in [5.41, 5.74) is 1.38. The molecule has 8 heteroatoms. The number of amides is 3.